The van der Waals surface area contributed by atoms with Gasteiger partial charge in [-0.3, -0.25) is 24.6 Å². The summed E-state index contributed by atoms with van der Waals surface area (Å²) < 4.78 is 0. The third-order valence-corrected chi connectivity index (χ3v) is 4.33. The molecule has 140 valence electrons. The van der Waals surface area contributed by atoms with Gasteiger partial charge in [0.25, 0.3) is 11.6 Å². The van der Waals surface area contributed by atoms with Crippen LogP contribution in [-0.2, 0) is 15.1 Å². The molecule has 4 amide bonds. The molecule has 1 fully saturated rings. The molecule has 1 aromatic rings. The predicted molar refractivity (Wildman–Crippen MR) is 93.2 cm³/mol. The van der Waals surface area contributed by atoms with Gasteiger partial charge in [0.2, 0.25) is 5.91 Å². The van der Waals surface area contributed by atoms with Crippen LogP contribution in [0.1, 0.15) is 38.7 Å². The first-order valence-corrected chi connectivity index (χ1v) is 8.45. The van der Waals surface area contributed by atoms with E-state index in [-0.39, 0.29) is 12.2 Å². The quantitative estimate of drug-likeness (QED) is 0.315. The number of nitro groups is 1. The van der Waals surface area contributed by atoms with E-state index in [9.17, 15) is 24.5 Å². The zero-order chi connectivity index (χ0) is 19.3. The van der Waals surface area contributed by atoms with E-state index in [0.29, 0.717) is 12.1 Å². The summed E-state index contributed by atoms with van der Waals surface area (Å²) in [6.45, 7) is 3.69. The zero-order valence-electron chi connectivity index (χ0n) is 14.8. The van der Waals surface area contributed by atoms with Gasteiger partial charge in [-0.25, -0.2) is 4.79 Å². The fourth-order valence-electron chi connectivity index (χ4n) is 2.76. The standard InChI is InChI=1S/C17H22N4O5/c1-3-4-5-10-18-14(22)11-20-15(23)17(2,19-16(20)24)12-6-8-13(9-7-12)21(25)26/h6-9H,3-5,10-11H2,1-2H3,(H,18,22)(H,19,24)/t17-/m1/s1. The number of hydrogen-bond donors (Lipinski definition) is 2. The lowest BCUT2D eigenvalue weighted by atomic mass is 9.92. The zero-order valence-corrected chi connectivity index (χ0v) is 14.8. The molecule has 1 atom stereocenters. The van der Waals surface area contributed by atoms with E-state index in [4.69, 9.17) is 0 Å². The van der Waals surface area contributed by atoms with E-state index >= 15 is 0 Å². The summed E-state index contributed by atoms with van der Waals surface area (Å²) in [7, 11) is 0. The van der Waals surface area contributed by atoms with Crippen LogP contribution in [0.3, 0.4) is 0 Å². The van der Waals surface area contributed by atoms with E-state index in [1.165, 1.54) is 31.2 Å². The topological polar surface area (TPSA) is 122 Å². The van der Waals surface area contributed by atoms with Crippen molar-refractivity contribution >= 4 is 23.5 Å². The summed E-state index contributed by atoms with van der Waals surface area (Å²) >= 11 is 0. The molecular formula is C17H22N4O5. The van der Waals surface area contributed by atoms with Crippen LogP contribution in [0.2, 0.25) is 0 Å². The van der Waals surface area contributed by atoms with Gasteiger partial charge >= 0.3 is 6.03 Å². The lowest BCUT2D eigenvalue weighted by Crippen LogP contribution is -2.43. The van der Waals surface area contributed by atoms with Crippen LogP contribution in [0.15, 0.2) is 24.3 Å². The molecule has 1 aliphatic rings. The Morgan fingerprint density at radius 3 is 2.50 bits per heavy atom. The molecule has 0 aliphatic carbocycles. The Balaban J connectivity index is 2.07. The van der Waals surface area contributed by atoms with E-state index in [1.54, 1.807) is 0 Å². The molecule has 1 aliphatic heterocycles. The van der Waals surface area contributed by atoms with Crippen LogP contribution in [0.5, 0.6) is 0 Å². The maximum Gasteiger partial charge on any atom is 0.325 e. The molecule has 0 radical (unpaired) electrons. The van der Waals surface area contributed by atoms with Gasteiger partial charge in [-0.2, -0.15) is 0 Å². The molecule has 9 nitrogen and oxygen atoms in total. The van der Waals surface area contributed by atoms with Crippen LogP contribution in [-0.4, -0.2) is 40.8 Å². The van der Waals surface area contributed by atoms with Crippen LogP contribution in [0.4, 0.5) is 10.5 Å². The number of imide groups is 1. The number of rotatable bonds is 8. The average Bonchev–Trinajstić information content (AvgIpc) is 2.83. The molecule has 0 saturated carbocycles. The highest BCUT2D eigenvalue weighted by molar-refractivity contribution is 6.09. The van der Waals surface area contributed by atoms with Crippen LogP contribution in [0, 0.1) is 10.1 Å². The largest absolute Gasteiger partial charge is 0.355 e. The van der Waals surface area contributed by atoms with Gasteiger partial charge in [0.15, 0.2) is 0 Å². The number of nitro benzene ring substituents is 1. The number of hydrogen-bond acceptors (Lipinski definition) is 5. The third kappa shape index (κ3) is 3.98. The number of unbranched alkanes of at least 4 members (excludes halogenated alkanes) is 2. The average molecular weight is 362 g/mol. The van der Waals surface area contributed by atoms with Gasteiger partial charge < -0.3 is 10.6 Å². The molecule has 0 bridgehead atoms. The summed E-state index contributed by atoms with van der Waals surface area (Å²) in [6, 6.07) is 4.71. The third-order valence-electron chi connectivity index (χ3n) is 4.33. The highest BCUT2D eigenvalue weighted by Gasteiger charge is 2.49. The molecule has 1 heterocycles. The van der Waals surface area contributed by atoms with Crippen molar-refractivity contribution in [3.05, 3.63) is 39.9 Å². The highest BCUT2D eigenvalue weighted by Crippen LogP contribution is 2.29. The normalized spacial score (nSPS) is 19.4. The Morgan fingerprint density at radius 2 is 1.92 bits per heavy atom. The fraction of sp³-hybridized carbons (Fsp3) is 0.471. The number of carbonyl (C=O) groups is 3. The van der Waals surface area contributed by atoms with Crippen molar-refractivity contribution in [2.75, 3.05) is 13.1 Å². The summed E-state index contributed by atoms with van der Waals surface area (Å²) in [6.07, 6.45) is 2.85. The van der Waals surface area contributed by atoms with Crippen molar-refractivity contribution in [2.24, 2.45) is 0 Å². The van der Waals surface area contributed by atoms with Crippen molar-refractivity contribution in [2.45, 2.75) is 38.6 Å². The minimum atomic E-state index is -1.37. The molecule has 0 aromatic heterocycles. The maximum atomic E-state index is 12.7. The number of amides is 4. The van der Waals surface area contributed by atoms with Crippen molar-refractivity contribution in [1.82, 2.24) is 15.5 Å². The Morgan fingerprint density at radius 1 is 1.27 bits per heavy atom. The maximum absolute atomic E-state index is 12.7. The molecule has 1 saturated heterocycles. The fourth-order valence-corrected chi connectivity index (χ4v) is 2.76. The lowest BCUT2D eigenvalue weighted by molar-refractivity contribution is -0.384. The molecule has 0 unspecified atom stereocenters. The smallest absolute Gasteiger partial charge is 0.325 e. The van der Waals surface area contributed by atoms with Gasteiger partial charge in [-0.05, 0) is 31.0 Å². The van der Waals surface area contributed by atoms with Crippen molar-refractivity contribution in [3.63, 3.8) is 0 Å². The molecule has 2 N–H and O–H groups in total. The SMILES string of the molecule is CCCCCNC(=O)CN1C(=O)N[C@](C)(c2ccc([N+](=O)[O-])cc2)C1=O. The number of nitrogens with zero attached hydrogens (tertiary/aromatic N) is 2. The van der Waals surface area contributed by atoms with Crippen molar-refractivity contribution in [1.29, 1.82) is 0 Å². The molecule has 26 heavy (non-hydrogen) atoms. The number of non-ortho nitro benzene ring substituents is 1. The Kier molecular flexibility index (Phi) is 5.91. The minimum absolute atomic E-state index is 0.113. The highest BCUT2D eigenvalue weighted by atomic mass is 16.6. The number of nitrogens with one attached hydrogen (secondary N) is 2. The Labute approximate surface area is 150 Å². The van der Waals surface area contributed by atoms with Crippen LogP contribution in [0.25, 0.3) is 0 Å². The minimum Gasteiger partial charge on any atom is -0.355 e. The predicted octanol–water partition coefficient (Wildman–Crippen LogP) is 1.67. The summed E-state index contributed by atoms with van der Waals surface area (Å²) in [5.41, 5.74) is -1.07. The van der Waals surface area contributed by atoms with Crippen molar-refractivity contribution in [3.8, 4) is 0 Å². The summed E-state index contributed by atoms with van der Waals surface area (Å²) in [4.78, 5) is 47.9. The second kappa shape index (κ2) is 7.94. The first-order valence-electron chi connectivity index (χ1n) is 8.45. The number of carbonyl (C=O) groups excluding carboxylic acids is 3. The second-order valence-corrected chi connectivity index (χ2v) is 6.31. The van der Waals surface area contributed by atoms with E-state index in [0.717, 1.165) is 24.2 Å². The van der Waals surface area contributed by atoms with Gasteiger partial charge in [0, 0.05) is 18.7 Å². The monoisotopic (exact) mass is 362 g/mol. The van der Waals surface area contributed by atoms with E-state index in [1.807, 2.05) is 6.92 Å². The second-order valence-electron chi connectivity index (χ2n) is 6.31. The van der Waals surface area contributed by atoms with Crippen molar-refractivity contribution < 1.29 is 19.3 Å². The first-order chi connectivity index (χ1) is 12.3. The van der Waals surface area contributed by atoms with E-state index < -0.39 is 28.3 Å². The van der Waals surface area contributed by atoms with E-state index in [2.05, 4.69) is 10.6 Å². The van der Waals surface area contributed by atoms with Gasteiger partial charge in [0.05, 0.1) is 4.92 Å². The molecule has 1 aromatic carbocycles. The first kappa shape index (κ1) is 19.4. The lowest BCUT2D eigenvalue weighted by Gasteiger charge is -2.22. The summed E-state index contributed by atoms with van der Waals surface area (Å²) in [5, 5.41) is 16.0. The van der Waals surface area contributed by atoms with Gasteiger partial charge in [-0.15, -0.1) is 0 Å². The van der Waals surface area contributed by atoms with Gasteiger partial charge in [-0.1, -0.05) is 19.8 Å². The van der Waals surface area contributed by atoms with Crippen LogP contribution >= 0.6 is 0 Å². The Bertz CT molecular complexity index is 718. The number of benzene rings is 1. The Hall–Kier alpha value is -2.97. The van der Waals surface area contributed by atoms with Gasteiger partial charge in [0.1, 0.15) is 12.1 Å². The molecular weight excluding hydrogens is 340 g/mol. The number of urea groups is 1. The molecule has 2 rings (SSSR count). The molecule has 0 spiro atoms. The molecule has 9 heteroatoms. The summed E-state index contributed by atoms with van der Waals surface area (Å²) in [5.74, 6) is -0.974. The van der Waals surface area contributed by atoms with Crippen LogP contribution < -0.4 is 10.6 Å².